The standard InChI is InChI=1S/C20H22N4O3/c1-23(2)17-9-5-14(6-10-17)11-21-19(26)16-7-3-15(4-8-16)13-24-18(25)12-22-20(24)27/h3-10H,11-13H2,1-2H3,(H,21,26)(H,22,27). The molecule has 7 heteroatoms. The molecule has 1 aliphatic rings. The number of hydrogen-bond donors (Lipinski definition) is 2. The molecule has 0 bridgehead atoms. The number of rotatable bonds is 6. The maximum atomic E-state index is 12.3. The van der Waals surface area contributed by atoms with E-state index in [0.717, 1.165) is 21.7 Å². The van der Waals surface area contributed by atoms with Crippen LogP contribution in [0.1, 0.15) is 21.5 Å². The minimum absolute atomic E-state index is 0.0366. The lowest BCUT2D eigenvalue weighted by molar-refractivity contribution is -0.125. The van der Waals surface area contributed by atoms with Gasteiger partial charge in [-0.05, 0) is 35.4 Å². The molecular formula is C20H22N4O3. The summed E-state index contributed by atoms with van der Waals surface area (Å²) in [5, 5.41) is 5.37. The molecule has 140 valence electrons. The number of nitrogens with zero attached hydrogens (tertiary/aromatic N) is 2. The molecule has 1 fully saturated rings. The lowest BCUT2D eigenvalue weighted by atomic mass is 10.1. The van der Waals surface area contributed by atoms with Crippen molar-refractivity contribution in [3.05, 3.63) is 65.2 Å². The van der Waals surface area contributed by atoms with E-state index in [9.17, 15) is 14.4 Å². The second-order valence-corrected chi connectivity index (χ2v) is 6.58. The summed E-state index contributed by atoms with van der Waals surface area (Å²) < 4.78 is 0. The summed E-state index contributed by atoms with van der Waals surface area (Å²) in [7, 11) is 3.96. The summed E-state index contributed by atoms with van der Waals surface area (Å²) in [5.74, 6) is -0.421. The molecule has 0 radical (unpaired) electrons. The summed E-state index contributed by atoms with van der Waals surface area (Å²) in [4.78, 5) is 38.7. The first-order chi connectivity index (χ1) is 12.9. The van der Waals surface area contributed by atoms with Gasteiger partial charge in [0, 0.05) is 31.9 Å². The average Bonchev–Trinajstić information content (AvgIpc) is 2.99. The van der Waals surface area contributed by atoms with Gasteiger partial charge in [-0.15, -0.1) is 0 Å². The first kappa shape index (κ1) is 18.4. The Labute approximate surface area is 158 Å². The van der Waals surface area contributed by atoms with E-state index in [-0.39, 0.29) is 30.9 Å². The zero-order valence-corrected chi connectivity index (χ0v) is 15.4. The van der Waals surface area contributed by atoms with Crippen LogP contribution in [-0.4, -0.2) is 43.4 Å². The highest BCUT2D eigenvalue weighted by atomic mass is 16.2. The molecule has 3 rings (SSSR count). The maximum absolute atomic E-state index is 12.3. The Hall–Kier alpha value is -3.35. The summed E-state index contributed by atoms with van der Waals surface area (Å²) >= 11 is 0. The Morgan fingerprint density at radius 3 is 2.22 bits per heavy atom. The molecular weight excluding hydrogens is 344 g/mol. The van der Waals surface area contributed by atoms with Crippen LogP contribution in [-0.2, 0) is 17.9 Å². The second kappa shape index (κ2) is 7.90. The van der Waals surface area contributed by atoms with Gasteiger partial charge >= 0.3 is 6.03 Å². The van der Waals surface area contributed by atoms with E-state index in [1.54, 1.807) is 24.3 Å². The van der Waals surface area contributed by atoms with Gasteiger partial charge in [0.05, 0.1) is 13.1 Å². The van der Waals surface area contributed by atoms with Crippen LogP contribution in [0.4, 0.5) is 10.5 Å². The summed E-state index contributed by atoms with van der Waals surface area (Å²) in [6.45, 7) is 0.677. The van der Waals surface area contributed by atoms with Crippen molar-refractivity contribution in [3.8, 4) is 0 Å². The minimum Gasteiger partial charge on any atom is -0.378 e. The van der Waals surface area contributed by atoms with E-state index in [4.69, 9.17) is 0 Å². The van der Waals surface area contributed by atoms with Crippen LogP contribution in [0.25, 0.3) is 0 Å². The predicted molar refractivity (Wildman–Crippen MR) is 102 cm³/mol. The van der Waals surface area contributed by atoms with Gasteiger partial charge in [-0.25, -0.2) is 4.79 Å². The molecule has 1 saturated heterocycles. The number of imide groups is 1. The van der Waals surface area contributed by atoms with Gasteiger partial charge in [-0.1, -0.05) is 24.3 Å². The minimum atomic E-state index is -0.387. The van der Waals surface area contributed by atoms with Gasteiger partial charge in [0.1, 0.15) is 0 Å². The molecule has 0 aromatic heterocycles. The Morgan fingerprint density at radius 1 is 1.04 bits per heavy atom. The predicted octanol–water partition coefficient (Wildman–Crippen LogP) is 1.73. The van der Waals surface area contributed by atoms with E-state index in [0.29, 0.717) is 12.1 Å². The molecule has 0 unspecified atom stereocenters. The number of carbonyl (C=O) groups excluding carboxylic acids is 3. The quantitative estimate of drug-likeness (QED) is 0.763. The molecule has 2 aromatic rings. The smallest absolute Gasteiger partial charge is 0.324 e. The number of benzene rings is 2. The molecule has 0 spiro atoms. The molecule has 27 heavy (non-hydrogen) atoms. The summed E-state index contributed by atoms with van der Waals surface area (Å²) in [6.07, 6.45) is 0. The van der Waals surface area contributed by atoms with E-state index in [2.05, 4.69) is 10.6 Å². The van der Waals surface area contributed by atoms with Gasteiger partial charge in [-0.3, -0.25) is 14.5 Å². The van der Waals surface area contributed by atoms with E-state index >= 15 is 0 Å². The van der Waals surface area contributed by atoms with Gasteiger partial charge in [0.25, 0.3) is 5.91 Å². The van der Waals surface area contributed by atoms with Crippen LogP contribution in [0.5, 0.6) is 0 Å². The van der Waals surface area contributed by atoms with Crippen LogP contribution < -0.4 is 15.5 Å². The van der Waals surface area contributed by atoms with Crippen molar-refractivity contribution in [3.63, 3.8) is 0 Å². The molecule has 7 nitrogen and oxygen atoms in total. The number of carbonyl (C=O) groups is 3. The Morgan fingerprint density at radius 2 is 1.67 bits per heavy atom. The summed E-state index contributed by atoms with van der Waals surface area (Å²) in [5.41, 5.74) is 3.44. The van der Waals surface area contributed by atoms with Crippen LogP contribution in [0.15, 0.2) is 48.5 Å². The highest BCUT2D eigenvalue weighted by Gasteiger charge is 2.28. The first-order valence-corrected chi connectivity index (χ1v) is 8.65. The molecule has 2 N–H and O–H groups in total. The Kier molecular flexibility index (Phi) is 5.40. The highest BCUT2D eigenvalue weighted by molar-refractivity contribution is 6.01. The molecule has 1 aliphatic heterocycles. The third-order valence-electron chi connectivity index (χ3n) is 4.40. The van der Waals surface area contributed by atoms with Crippen molar-refractivity contribution in [1.29, 1.82) is 0 Å². The molecule has 1 heterocycles. The lowest BCUT2D eigenvalue weighted by Gasteiger charge is -2.13. The van der Waals surface area contributed by atoms with Crippen molar-refractivity contribution >= 4 is 23.5 Å². The first-order valence-electron chi connectivity index (χ1n) is 8.65. The van der Waals surface area contributed by atoms with Crippen molar-refractivity contribution in [1.82, 2.24) is 15.5 Å². The van der Waals surface area contributed by atoms with Gasteiger partial charge < -0.3 is 15.5 Å². The average molecular weight is 366 g/mol. The van der Waals surface area contributed by atoms with Crippen molar-refractivity contribution < 1.29 is 14.4 Å². The number of anilines is 1. The van der Waals surface area contributed by atoms with Crippen molar-refractivity contribution in [2.75, 3.05) is 25.5 Å². The number of urea groups is 1. The topological polar surface area (TPSA) is 81.8 Å². The maximum Gasteiger partial charge on any atom is 0.324 e. The summed E-state index contributed by atoms with van der Waals surface area (Å²) in [6, 6.07) is 14.5. The monoisotopic (exact) mass is 366 g/mol. The fourth-order valence-corrected chi connectivity index (χ4v) is 2.76. The van der Waals surface area contributed by atoms with Gasteiger partial charge in [0.15, 0.2) is 0 Å². The van der Waals surface area contributed by atoms with Crippen LogP contribution in [0, 0.1) is 0 Å². The molecule has 0 saturated carbocycles. The Balaban J connectivity index is 1.55. The largest absolute Gasteiger partial charge is 0.378 e. The number of nitrogens with one attached hydrogen (secondary N) is 2. The fourth-order valence-electron chi connectivity index (χ4n) is 2.76. The zero-order chi connectivity index (χ0) is 19.4. The normalized spacial score (nSPS) is 13.5. The molecule has 2 aromatic carbocycles. The molecule has 4 amide bonds. The van der Waals surface area contributed by atoms with E-state index in [1.807, 2.05) is 43.3 Å². The third-order valence-corrected chi connectivity index (χ3v) is 4.40. The highest BCUT2D eigenvalue weighted by Crippen LogP contribution is 2.13. The zero-order valence-electron chi connectivity index (χ0n) is 15.4. The number of amides is 4. The van der Waals surface area contributed by atoms with Gasteiger partial charge in [-0.2, -0.15) is 0 Å². The fraction of sp³-hybridized carbons (Fsp3) is 0.250. The van der Waals surface area contributed by atoms with Crippen LogP contribution in [0.3, 0.4) is 0 Å². The lowest BCUT2D eigenvalue weighted by Crippen LogP contribution is -2.30. The van der Waals surface area contributed by atoms with Gasteiger partial charge in [0.2, 0.25) is 5.91 Å². The van der Waals surface area contributed by atoms with Crippen LogP contribution >= 0.6 is 0 Å². The van der Waals surface area contributed by atoms with Crippen molar-refractivity contribution in [2.45, 2.75) is 13.1 Å². The number of hydrogen-bond acceptors (Lipinski definition) is 4. The molecule has 0 atom stereocenters. The second-order valence-electron chi connectivity index (χ2n) is 6.58. The third kappa shape index (κ3) is 4.44. The van der Waals surface area contributed by atoms with Crippen molar-refractivity contribution in [2.24, 2.45) is 0 Å². The van der Waals surface area contributed by atoms with Crippen LogP contribution in [0.2, 0.25) is 0 Å². The van der Waals surface area contributed by atoms with E-state index in [1.165, 1.54) is 0 Å². The Bertz CT molecular complexity index is 829. The SMILES string of the molecule is CN(C)c1ccc(CNC(=O)c2ccc(CN3C(=O)CNC3=O)cc2)cc1. The molecule has 0 aliphatic carbocycles. The van der Waals surface area contributed by atoms with E-state index < -0.39 is 0 Å².